The Morgan fingerprint density at radius 1 is 0.850 bits per heavy atom. The zero-order valence-corrected chi connectivity index (χ0v) is 13.2. The van der Waals surface area contributed by atoms with Crippen LogP contribution >= 0.6 is 15.9 Å². The molecule has 0 aromatic rings. The van der Waals surface area contributed by atoms with E-state index in [1.54, 1.807) is 6.92 Å². The first-order valence-electron chi connectivity index (χ1n) is 6.03. The lowest BCUT2D eigenvalue weighted by molar-refractivity contribution is -0.227. The van der Waals surface area contributed by atoms with Gasteiger partial charge in [-0.3, -0.25) is 14.4 Å². The Labute approximate surface area is 125 Å². The van der Waals surface area contributed by atoms with Gasteiger partial charge in [-0.2, -0.15) is 0 Å². The van der Waals surface area contributed by atoms with Gasteiger partial charge >= 0.3 is 17.9 Å². The second-order valence-corrected chi connectivity index (χ2v) is 5.32. The van der Waals surface area contributed by atoms with Crippen LogP contribution in [-0.2, 0) is 33.3 Å². The number of hydrogen-bond donors (Lipinski definition) is 0. The minimum atomic E-state index is -0.937. The molecule has 0 saturated carbocycles. The topological polar surface area (TPSA) is 88.1 Å². The minimum absolute atomic E-state index is 0.528. The zero-order chi connectivity index (χ0) is 15.4. The maximum Gasteiger partial charge on any atom is 0.303 e. The van der Waals surface area contributed by atoms with Gasteiger partial charge in [-0.05, 0) is 6.92 Å². The van der Waals surface area contributed by atoms with Crippen molar-refractivity contribution in [3.63, 3.8) is 0 Å². The summed E-state index contributed by atoms with van der Waals surface area (Å²) in [5.74, 6) is -1.67. The second kappa shape index (κ2) is 7.03. The van der Waals surface area contributed by atoms with Crippen molar-refractivity contribution >= 4 is 33.8 Å². The fourth-order valence-corrected chi connectivity index (χ4v) is 2.70. The van der Waals surface area contributed by atoms with Gasteiger partial charge in [0.2, 0.25) is 0 Å². The molecule has 8 heteroatoms. The third kappa shape index (κ3) is 4.45. The van der Waals surface area contributed by atoms with Crippen LogP contribution in [0.4, 0.5) is 0 Å². The third-order valence-corrected chi connectivity index (χ3v) is 3.36. The number of alkyl halides is 1. The Bertz CT molecular complexity index is 369. The fourth-order valence-electron chi connectivity index (χ4n) is 1.96. The molecule has 1 aliphatic rings. The van der Waals surface area contributed by atoms with Crippen molar-refractivity contribution in [3.05, 3.63) is 0 Å². The standard InChI is InChI=1S/C12H17BrO7/c1-5-9(18-6(2)14)10(19-7(3)15)11(12(13)17-5)20-8(4)16/h5,9-12H,1-4H3/t5-,9-,10+,11-,12+/m0/s1. The summed E-state index contributed by atoms with van der Waals surface area (Å²) in [6.07, 6.45) is -3.22. The van der Waals surface area contributed by atoms with Crippen LogP contribution in [0.3, 0.4) is 0 Å². The molecular weight excluding hydrogens is 336 g/mol. The summed E-state index contributed by atoms with van der Waals surface area (Å²) in [6.45, 7) is 5.35. The van der Waals surface area contributed by atoms with Gasteiger partial charge in [0, 0.05) is 20.8 Å². The average molecular weight is 353 g/mol. The van der Waals surface area contributed by atoms with Crippen molar-refractivity contribution < 1.29 is 33.3 Å². The highest BCUT2D eigenvalue weighted by molar-refractivity contribution is 9.09. The van der Waals surface area contributed by atoms with Crippen LogP contribution in [0.1, 0.15) is 27.7 Å². The van der Waals surface area contributed by atoms with Gasteiger partial charge < -0.3 is 18.9 Å². The fraction of sp³-hybridized carbons (Fsp3) is 0.750. The highest BCUT2D eigenvalue weighted by Crippen LogP contribution is 2.31. The summed E-state index contributed by atoms with van der Waals surface area (Å²) in [5.41, 5.74) is 0. The molecule has 1 rings (SSSR count). The summed E-state index contributed by atoms with van der Waals surface area (Å²) >= 11 is 3.22. The number of carbonyl (C=O) groups excluding carboxylic acids is 3. The number of ether oxygens (including phenoxy) is 4. The number of hydrogen-bond acceptors (Lipinski definition) is 7. The molecule has 1 fully saturated rings. The quantitative estimate of drug-likeness (QED) is 0.424. The van der Waals surface area contributed by atoms with Crippen molar-refractivity contribution in [1.29, 1.82) is 0 Å². The van der Waals surface area contributed by atoms with Gasteiger partial charge in [-0.15, -0.1) is 0 Å². The van der Waals surface area contributed by atoms with E-state index in [2.05, 4.69) is 15.9 Å². The summed E-state index contributed by atoms with van der Waals surface area (Å²) in [6, 6.07) is 0. The molecule has 20 heavy (non-hydrogen) atoms. The first-order chi connectivity index (χ1) is 9.22. The van der Waals surface area contributed by atoms with E-state index in [0.717, 1.165) is 0 Å². The van der Waals surface area contributed by atoms with Crippen LogP contribution in [0.2, 0.25) is 0 Å². The van der Waals surface area contributed by atoms with Gasteiger partial charge in [-0.1, -0.05) is 15.9 Å². The summed E-state index contributed by atoms with van der Waals surface area (Å²) in [7, 11) is 0. The molecule has 0 unspecified atom stereocenters. The van der Waals surface area contributed by atoms with E-state index in [1.165, 1.54) is 20.8 Å². The predicted octanol–water partition coefficient (Wildman–Crippen LogP) is 0.921. The van der Waals surface area contributed by atoms with Crippen LogP contribution in [0.15, 0.2) is 0 Å². The van der Waals surface area contributed by atoms with Gasteiger partial charge in [0.25, 0.3) is 0 Å². The number of halogens is 1. The monoisotopic (exact) mass is 352 g/mol. The van der Waals surface area contributed by atoms with Crippen molar-refractivity contribution in [3.8, 4) is 0 Å². The lowest BCUT2D eigenvalue weighted by Crippen LogP contribution is -2.59. The lowest BCUT2D eigenvalue weighted by Gasteiger charge is -2.41. The molecule has 1 saturated heterocycles. The normalized spacial score (nSPS) is 33.1. The van der Waals surface area contributed by atoms with Crippen molar-refractivity contribution in [1.82, 2.24) is 0 Å². The molecule has 0 aromatic heterocycles. The van der Waals surface area contributed by atoms with Crippen LogP contribution in [-0.4, -0.2) is 47.3 Å². The first kappa shape index (κ1) is 16.9. The largest absolute Gasteiger partial charge is 0.456 e. The Kier molecular flexibility index (Phi) is 5.94. The maximum atomic E-state index is 11.2. The Balaban J connectivity index is 3.01. The molecule has 0 spiro atoms. The molecule has 7 nitrogen and oxygen atoms in total. The average Bonchev–Trinajstić information content (AvgIpc) is 2.27. The highest BCUT2D eigenvalue weighted by Gasteiger charge is 2.49. The van der Waals surface area contributed by atoms with E-state index >= 15 is 0 Å². The number of carbonyl (C=O) groups is 3. The van der Waals surface area contributed by atoms with Crippen molar-refractivity contribution in [2.45, 2.75) is 57.1 Å². The Morgan fingerprint density at radius 3 is 1.70 bits per heavy atom. The van der Waals surface area contributed by atoms with E-state index < -0.39 is 47.3 Å². The molecule has 0 bridgehead atoms. The van der Waals surface area contributed by atoms with Gasteiger partial charge in [0.1, 0.15) is 0 Å². The number of esters is 3. The second-order valence-electron chi connectivity index (χ2n) is 4.41. The van der Waals surface area contributed by atoms with Gasteiger partial charge in [0.05, 0.1) is 6.10 Å². The summed E-state index contributed by atoms with van der Waals surface area (Å²) in [5, 5.41) is -0.669. The lowest BCUT2D eigenvalue weighted by atomic mass is 10.00. The van der Waals surface area contributed by atoms with Crippen molar-refractivity contribution in [2.24, 2.45) is 0 Å². The van der Waals surface area contributed by atoms with E-state index in [4.69, 9.17) is 18.9 Å². The zero-order valence-electron chi connectivity index (χ0n) is 11.6. The molecule has 0 amide bonds. The smallest absolute Gasteiger partial charge is 0.303 e. The summed E-state index contributed by atoms with van der Waals surface area (Å²) < 4.78 is 20.9. The van der Waals surface area contributed by atoms with E-state index in [0.29, 0.717) is 0 Å². The highest BCUT2D eigenvalue weighted by atomic mass is 79.9. The van der Waals surface area contributed by atoms with Gasteiger partial charge in [0.15, 0.2) is 23.3 Å². The SMILES string of the molecule is CC(=O)O[C@@H]1[C@@H](OC(C)=O)[C@H](C)O[C@@H](Br)[C@H]1OC(C)=O. The van der Waals surface area contributed by atoms with Crippen LogP contribution in [0.5, 0.6) is 0 Å². The Morgan fingerprint density at radius 2 is 1.25 bits per heavy atom. The maximum absolute atomic E-state index is 11.2. The number of rotatable bonds is 3. The van der Waals surface area contributed by atoms with Crippen molar-refractivity contribution in [2.75, 3.05) is 0 Å². The van der Waals surface area contributed by atoms with E-state index in [-0.39, 0.29) is 0 Å². The van der Waals surface area contributed by atoms with Gasteiger partial charge in [-0.25, -0.2) is 0 Å². The van der Waals surface area contributed by atoms with Crippen LogP contribution in [0, 0.1) is 0 Å². The third-order valence-electron chi connectivity index (χ3n) is 2.62. The van der Waals surface area contributed by atoms with E-state index in [9.17, 15) is 14.4 Å². The van der Waals surface area contributed by atoms with Crippen LogP contribution < -0.4 is 0 Å². The molecule has 0 aromatic carbocycles. The minimum Gasteiger partial charge on any atom is -0.456 e. The molecule has 5 atom stereocenters. The predicted molar refractivity (Wildman–Crippen MR) is 69.9 cm³/mol. The van der Waals surface area contributed by atoms with E-state index in [1.807, 2.05) is 0 Å². The first-order valence-corrected chi connectivity index (χ1v) is 6.95. The molecule has 1 heterocycles. The molecular formula is C12H17BrO7. The molecule has 0 radical (unpaired) electrons. The molecule has 0 aliphatic carbocycles. The van der Waals surface area contributed by atoms with Crippen LogP contribution in [0.25, 0.3) is 0 Å². The molecule has 0 N–H and O–H groups in total. The summed E-state index contributed by atoms with van der Waals surface area (Å²) in [4.78, 5) is 33.5. The Hall–Kier alpha value is -1.15. The molecule has 114 valence electrons. The molecule has 1 aliphatic heterocycles.